The molecule has 3 rings (SSSR count). The van der Waals surface area contributed by atoms with Crippen LogP contribution in [0.25, 0.3) is 0 Å². The smallest absolute Gasteiger partial charge is 0.207 e. The Morgan fingerprint density at radius 1 is 0.917 bits per heavy atom. The molecule has 0 aromatic heterocycles. The standard InChI is InChI=1S/C21H28NOP/c1-17-15-20(21(2,3)4)22(16-17)24(23,18-11-7-5-8-12-18)19-13-9-6-10-14-19/h5-14,17,20H,15-16H2,1-4H3/t17-,20-/m1/s1. The predicted octanol–water partition coefficient (Wildman–Crippen LogP) is 4.67. The molecule has 0 spiro atoms. The van der Waals surface area contributed by atoms with Crippen molar-refractivity contribution in [3.05, 3.63) is 60.7 Å². The molecule has 0 saturated carbocycles. The zero-order valence-electron chi connectivity index (χ0n) is 15.1. The van der Waals surface area contributed by atoms with Crippen molar-refractivity contribution in [2.45, 2.75) is 40.2 Å². The van der Waals surface area contributed by atoms with Crippen molar-refractivity contribution < 1.29 is 4.57 Å². The van der Waals surface area contributed by atoms with E-state index in [0.717, 1.165) is 23.6 Å². The lowest BCUT2D eigenvalue weighted by atomic mass is 9.85. The van der Waals surface area contributed by atoms with Crippen LogP contribution in [0.15, 0.2) is 60.7 Å². The van der Waals surface area contributed by atoms with Gasteiger partial charge in [-0.05, 0) is 42.0 Å². The van der Waals surface area contributed by atoms with E-state index in [9.17, 15) is 4.57 Å². The van der Waals surface area contributed by atoms with Gasteiger partial charge in [-0.3, -0.25) is 4.57 Å². The lowest BCUT2D eigenvalue weighted by Crippen LogP contribution is -2.42. The highest BCUT2D eigenvalue weighted by Crippen LogP contribution is 2.55. The Morgan fingerprint density at radius 2 is 1.38 bits per heavy atom. The van der Waals surface area contributed by atoms with Gasteiger partial charge < -0.3 is 0 Å². The number of hydrogen-bond acceptors (Lipinski definition) is 1. The van der Waals surface area contributed by atoms with Gasteiger partial charge in [-0.2, -0.15) is 0 Å². The van der Waals surface area contributed by atoms with E-state index in [-0.39, 0.29) is 5.41 Å². The van der Waals surface area contributed by atoms with Crippen molar-refractivity contribution in [2.24, 2.45) is 11.3 Å². The van der Waals surface area contributed by atoms with Crippen molar-refractivity contribution in [2.75, 3.05) is 6.54 Å². The summed E-state index contributed by atoms with van der Waals surface area (Å²) < 4.78 is 16.9. The van der Waals surface area contributed by atoms with Crippen molar-refractivity contribution in [3.63, 3.8) is 0 Å². The van der Waals surface area contributed by atoms with Gasteiger partial charge in [0.25, 0.3) is 0 Å². The summed E-state index contributed by atoms with van der Waals surface area (Å²) in [5.41, 5.74) is 0.101. The summed E-state index contributed by atoms with van der Waals surface area (Å²) in [6, 6.07) is 20.4. The van der Waals surface area contributed by atoms with Gasteiger partial charge in [0.15, 0.2) is 0 Å². The molecule has 0 bridgehead atoms. The first-order valence-electron chi connectivity index (χ1n) is 8.82. The lowest BCUT2D eigenvalue weighted by Gasteiger charge is -2.40. The Bertz CT molecular complexity index is 677. The highest BCUT2D eigenvalue weighted by Gasteiger charge is 2.47. The van der Waals surface area contributed by atoms with Crippen LogP contribution in [-0.2, 0) is 4.57 Å². The number of benzene rings is 2. The van der Waals surface area contributed by atoms with E-state index in [1.807, 2.05) is 60.7 Å². The molecule has 0 unspecified atom stereocenters. The molecule has 2 aromatic carbocycles. The maximum Gasteiger partial charge on any atom is 0.207 e. The average Bonchev–Trinajstić information content (AvgIpc) is 2.98. The fourth-order valence-corrected chi connectivity index (χ4v) is 7.23. The molecule has 0 amide bonds. The number of rotatable bonds is 3. The van der Waals surface area contributed by atoms with E-state index in [0.29, 0.717) is 12.0 Å². The van der Waals surface area contributed by atoms with E-state index in [4.69, 9.17) is 0 Å². The van der Waals surface area contributed by atoms with Crippen LogP contribution >= 0.6 is 7.29 Å². The molecular weight excluding hydrogens is 313 g/mol. The molecule has 1 heterocycles. The highest BCUT2D eigenvalue weighted by molar-refractivity contribution is 7.76. The van der Waals surface area contributed by atoms with E-state index in [1.165, 1.54) is 0 Å². The summed E-state index contributed by atoms with van der Waals surface area (Å²) in [6.07, 6.45) is 1.10. The van der Waals surface area contributed by atoms with Crippen LogP contribution in [0.2, 0.25) is 0 Å². The van der Waals surface area contributed by atoms with Crippen LogP contribution in [0.4, 0.5) is 0 Å². The van der Waals surface area contributed by atoms with Crippen LogP contribution in [0.1, 0.15) is 34.1 Å². The third-order valence-corrected chi connectivity index (χ3v) is 8.22. The van der Waals surface area contributed by atoms with Gasteiger partial charge in [0.1, 0.15) is 0 Å². The molecule has 3 heteroatoms. The fraction of sp³-hybridized carbons (Fsp3) is 0.429. The zero-order chi connectivity index (χ0) is 17.4. The maximum absolute atomic E-state index is 14.5. The third kappa shape index (κ3) is 3.10. The van der Waals surface area contributed by atoms with Gasteiger partial charge in [-0.1, -0.05) is 64.1 Å². The Labute approximate surface area is 146 Å². The topological polar surface area (TPSA) is 20.3 Å². The summed E-state index contributed by atoms with van der Waals surface area (Å²) >= 11 is 0. The zero-order valence-corrected chi connectivity index (χ0v) is 16.0. The molecule has 1 aliphatic rings. The molecule has 1 fully saturated rings. The SMILES string of the molecule is C[C@@H]1C[C@H](C(C)(C)C)N(P(=O)(c2ccccc2)c2ccccc2)C1. The Hall–Kier alpha value is -1.37. The van der Waals surface area contributed by atoms with Crippen LogP contribution in [0.3, 0.4) is 0 Å². The van der Waals surface area contributed by atoms with Crippen LogP contribution in [0, 0.1) is 11.3 Å². The molecular formula is C21H28NOP. The first-order chi connectivity index (χ1) is 11.3. The van der Waals surface area contributed by atoms with Gasteiger partial charge in [0.2, 0.25) is 7.29 Å². The van der Waals surface area contributed by atoms with Gasteiger partial charge in [0.05, 0.1) is 0 Å². The second kappa shape index (κ2) is 6.50. The first-order valence-corrected chi connectivity index (χ1v) is 10.5. The second-order valence-corrected chi connectivity index (χ2v) is 10.8. The maximum atomic E-state index is 14.5. The molecule has 0 N–H and O–H groups in total. The minimum absolute atomic E-state index is 0.101. The van der Waals surface area contributed by atoms with Gasteiger partial charge in [0, 0.05) is 23.2 Å². The molecule has 2 nitrogen and oxygen atoms in total. The molecule has 0 radical (unpaired) electrons. The van der Waals surface area contributed by atoms with Crippen molar-refractivity contribution >= 4 is 17.9 Å². The van der Waals surface area contributed by atoms with Gasteiger partial charge in [-0.15, -0.1) is 0 Å². The summed E-state index contributed by atoms with van der Waals surface area (Å²) in [5, 5.41) is 1.89. The Balaban J connectivity index is 2.17. The third-order valence-electron chi connectivity index (χ3n) is 5.06. The molecule has 2 aromatic rings. The van der Waals surface area contributed by atoms with Crippen LogP contribution in [-0.4, -0.2) is 17.3 Å². The van der Waals surface area contributed by atoms with E-state index in [2.05, 4.69) is 32.4 Å². The largest absolute Gasteiger partial charge is 0.296 e. The fourth-order valence-electron chi connectivity index (χ4n) is 3.84. The van der Waals surface area contributed by atoms with Crippen molar-refractivity contribution in [3.8, 4) is 0 Å². The molecule has 24 heavy (non-hydrogen) atoms. The molecule has 2 atom stereocenters. The minimum Gasteiger partial charge on any atom is -0.296 e. The number of nitrogens with zero attached hydrogens (tertiary/aromatic N) is 1. The first kappa shape index (κ1) is 17.5. The van der Waals surface area contributed by atoms with Crippen LogP contribution in [0.5, 0.6) is 0 Å². The Morgan fingerprint density at radius 3 is 1.79 bits per heavy atom. The lowest BCUT2D eigenvalue weighted by molar-refractivity contribution is 0.217. The summed E-state index contributed by atoms with van der Waals surface area (Å²) in [7, 11) is -2.83. The summed E-state index contributed by atoms with van der Waals surface area (Å²) in [4.78, 5) is 0. The molecule has 128 valence electrons. The highest BCUT2D eigenvalue weighted by atomic mass is 31.2. The van der Waals surface area contributed by atoms with Gasteiger partial charge >= 0.3 is 0 Å². The molecule has 1 saturated heterocycles. The number of hydrogen-bond donors (Lipinski definition) is 0. The van der Waals surface area contributed by atoms with Crippen LogP contribution < -0.4 is 10.6 Å². The van der Waals surface area contributed by atoms with Gasteiger partial charge in [-0.25, -0.2) is 4.67 Å². The molecule has 1 aliphatic heterocycles. The summed E-state index contributed by atoms with van der Waals surface area (Å²) in [5.74, 6) is 0.565. The molecule has 0 aliphatic carbocycles. The normalized spacial score (nSPS) is 22.7. The quantitative estimate of drug-likeness (QED) is 0.756. The second-order valence-electron chi connectivity index (χ2n) is 8.09. The minimum atomic E-state index is -2.83. The van der Waals surface area contributed by atoms with E-state index >= 15 is 0 Å². The summed E-state index contributed by atoms with van der Waals surface area (Å²) in [6.45, 7) is 9.97. The Kier molecular flexibility index (Phi) is 4.73. The average molecular weight is 341 g/mol. The van der Waals surface area contributed by atoms with E-state index in [1.54, 1.807) is 0 Å². The predicted molar refractivity (Wildman–Crippen MR) is 103 cm³/mol. The monoisotopic (exact) mass is 341 g/mol. The van der Waals surface area contributed by atoms with E-state index < -0.39 is 7.29 Å². The van der Waals surface area contributed by atoms with Crippen molar-refractivity contribution in [1.29, 1.82) is 0 Å². The van der Waals surface area contributed by atoms with Crippen molar-refractivity contribution in [1.82, 2.24) is 4.67 Å².